The molecule has 0 unspecified atom stereocenters. The van der Waals surface area contributed by atoms with Crippen molar-refractivity contribution in [3.8, 4) is 11.4 Å². The molecule has 2 aromatic rings. The van der Waals surface area contributed by atoms with Crippen molar-refractivity contribution < 1.29 is 14.3 Å². The highest BCUT2D eigenvalue weighted by Gasteiger charge is 2.09. The first-order valence-corrected chi connectivity index (χ1v) is 7.70. The van der Waals surface area contributed by atoms with Crippen LogP contribution in [0.25, 0.3) is 5.69 Å². The minimum atomic E-state index is -0.179. The van der Waals surface area contributed by atoms with Gasteiger partial charge in [0.2, 0.25) is 0 Å². The summed E-state index contributed by atoms with van der Waals surface area (Å²) < 4.78 is 12.2. The molecule has 1 heterocycles. The number of hydrogen-bond acceptors (Lipinski definition) is 4. The maximum absolute atomic E-state index is 12.0. The lowest BCUT2D eigenvalue weighted by atomic mass is 10.3. The van der Waals surface area contributed by atoms with Crippen LogP contribution in [-0.4, -0.2) is 42.1 Å². The van der Waals surface area contributed by atoms with Crippen molar-refractivity contribution in [2.75, 3.05) is 20.3 Å². The molecule has 0 saturated carbocycles. The molecule has 0 fully saturated rings. The normalized spacial score (nSPS) is 10.8. The highest BCUT2D eigenvalue weighted by molar-refractivity contribution is 5.92. The molecule has 0 aliphatic heterocycles. The van der Waals surface area contributed by atoms with Crippen LogP contribution in [0.2, 0.25) is 0 Å². The van der Waals surface area contributed by atoms with E-state index in [9.17, 15) is 4.79 Å². The Labute approximate surface area is 136 Å². The van der Waals surface area contributed by atoms with E-state index in [-0.39, 0.29) is 12.0 Å². The van der Waals surface area contributed by atoms with Crippen molar-refractivity contribution >= 4 is 5.91 Å². The van der Waals surface area contributed by atoms with Crippen LogP contribution in [0.5, 0.6) is 5.75 Å². The van der Waals surface area contributed by atoms with Crippen LogP contribution in [0.4, 0.5) is 0 Å². The highest BCUT2D eigenvalue weighted by atomic mass is 16.5. The molecular weight excluding hydrogens is 294 g/mol. The average Bonchev–Trinajstić information content (AvgIpc) is 3.04. The molecule has 124 valence electrons. The predicted molar refractivity (Wildman–Crippen MR) is 88.2 cm³/mol. The van der Waals surface area contributed by atoms with Gasteiger partial charge in [-0.25, -0.2) is 4.68 Å². The second-order valence-corrected chi connectivity index (χ2v) is 5.37. The molecular formula is C17H23N3O3. The third kappa shape index (κ3) is 5.10. The Bertz CT molecular complexity index is 620. The fourth-order valence-corrected chi connectivity index (χ4v) is 2.01. The first-order valence-electron chi connectivity index (χ1n) is 7.70. The van der Waals surface area contributed by atoms with Gasteiger partial charge in [0.25, 0.3) is 5.91 Å². The van der Waals surface area contributed by atoms with Gasteiger partial charge in [-0.05, 0) is 50.6 Å². The standard InChI is InChI=1S/C17H23N3O3/c1-13(2)23-12-4-10-18-17(21)16-9-11-20(19-16)14-5-7-15(22-3)8-6-14/h5-9,11,13H,4,10,12H2,1-3H3,(H,18,21). The summed E-state index contributed by atoms with van der Waals surface area (Å²) in [5, 5.41) is 7.14. The second-order valence-electron chi connectivity index (χ2n) is 5.37. The van der Waals surface area contributed by atoms with Gasteiger partial charge in [-0.3, -0.25) is 4.79 Å². The Morgan fingerprint density at radius 3 is 2.65 bits per heavy atom. The van der Waals surface area contributed by atoms with Gasteiger partial charge >= 0.3 is 0 Å². The maximum atomic E-state index is 12.0. The molecule has 0 spiro atoms. The lowest BCUT2D eigenvalue weighted by Gasteiger charge is -2.07. The lowest BCUT2D eigenvalue weighted by Crippen LogP contribution is -2.26. The molecule has 1 aromatic carbocycles. The van der Waals surface area contributed by atoms with Gasteiger partial charge in [0.15, 0.2) is 5.69 Å². The number of aromatic nitrogens is 2. The van der Waals surface area contributed by atoms with E-state index >= 15 is 0 Å². The second kappa shape index (κ2) is 8.33. The first-order chi connectivity index (χ1) is 11.1. The summed E-state index contributed by atoms with van der Waals surface area (Å²) in [6, 6.07) is 9.18. The number of amides is 1. The zero-order valence-electron chi connectivity index (χ0n) is 13.8. The largest absolute Gasteiger partial charge is 0.497 e. The fourth-order valence-electron chi connectivity index (χ4n) is 2.01. The first kappa shape index (κ1) is 17.0. The molecule has 1 aromatic heterocycles. The van der Waals surface area contributed by atoms with Gasteiger partial charge in [-0.1, -0.05) is 0 Å². The summed E-state index contributed by atoms with van der Waals surface area (Å²) in [5.74, 6) is 0.601. The summed E-state index contributed by atoms with van der Waals surface area (Å²) in [4.78, 5) is 12.0. The molecule has 6 nitrogen and oxygen atoms in total. The quantitative estimate of drug-likeness (QED) is 0.759. The molecule has 0 bridgehead atoms. The van der Waals surface area contributed by atoms with E-state index in [1.54, 1.807) is 24.1 Å². The highest BCUT2D eigenvalue weighted by Crippen LogP contribution is 2.14. The molecule has 0 aliphatic rings. The van der Waals surface area contributed by atoms with E-state index in [1.807, 2.05) is 38.1 Å². The number of hydrogen-bond donors (Lipinski definition) is 1. The van der Waals surface area contributed by atoms with Gasteiger partial charge in [-0.15, -0.1) is 0 Å². The molecule has 2 rings (SSSR count). The molecule has 1 amide bonds. The Kier molecular flexibility index (Phi) is 6.17. The van der Waals surface area contributed by atoms with Crippen molar-refractivity contribution in [2.45, 2.75) is 26.4 Å². The molecule has 0 radical (unpaired) electrons. The summed E-state index contributed by atoms with van der Waals surface area (Å²) in [6.07, 6.45) is 2.76. The van der Waals surface area contributed by atoms with Crippen molar-refractivity contribution in [2.24, 2.45) is 0 Å². The molecule has 23 heavy (non-hydrogen) atoms. The minimum Gasteiger partial charge on any atom is -0.497 e. The van der Waals surface area contributed by atoms with E-state index in [1.165, 1.54) is 0 Å². The minimum absolute atomic E-state index is 0.179. The summed E-state index contributed by atoms with van der Waals surface area (Å²) in [6.45, 7) is 5.19. The zero-order chi connectivity index (χ0) is 16.7. The van der Waals surface area contributed by atoms with Crippen molar-refractivity contribution in [1.29, 1.82) is 0 Å². The number of benzene rings is 1. The number of rotatable bonds is 8. The van der Waals surface area contributed by atoms with E-state index in [0.29, 0.717) is 18.8 Å². The summed E-state index contributed by atoms with van der Waals surface area (Å²) in [5.41, 5.74) is 1.26. The number of nitrogens with one attached hydrogen (secondary N) is 1. The number of ether oxygens (including phenoxy) is 2. The van der Waals surface area contributed by atoms with Gasteiger partial charge < -0.3 is 14.8 Å². The Morgan fingerprint density at radius 2 is 2.00 bits per heavy atom. The van der Waals surface area contributed by atoms with Crippen molar-refractivity contribution in [3.05, 3.63) is 42.2 Å². The van der Waals surface area contributed by atoms with Gasteiger partial charge in [0.1, 0.15) is 5.75 Å². The topological polar surface area (TPSA) is 65.4 Å². The molecule has 6 heteroatoms. The van der Waals surface area contributed by atoms with Crippen molar-refractivity contribution in [1.82, 2.24) is 15.1 Å². The number of nitrogens with zero attached hydrogens (tertiary/aromatic N) is 2. The smallest absolute Gasteiger partial charge is 0.271 e. The predicted octanol–water partition coefficient (Wildman–Crippen LogP) is 2.43. The van der Waals surface area contributed by atoms with Crippen LogP contribution in [0.3, 0.4) is 0 Å². The van der Waals surface area contributed by atoms with Crippen LogP contribution in [0, 0.1) is 0 Å². The van der Waals surface area contributed by atoms with E-state index < -0.39 is 0 Å². The molecule has 0 saturated heterocycles. The van der Waals surface area contributed by atoms with Crippen molar-refractivity contribution in [3.63, 3.8) is 0 Å². The van der Waals surface area contributed by atoms with Crippen LogP contribution in [0.1, 0.15) is 30.8 Å². The van der Waals surface area contributed by atoms with E-state index in [4.69, 9.17) is 9.47 Å². The third-order valence-corrected chi connectivity index (χ3v) is 3.22. The molecule has 0 atom stereocenters. The van der Waals surface area contributed by atoms with Gasteiger partial charge in [0, 0.05) is 19.3 Å². The van der Waals surface area contributed by atoms with Gasteiger partial charge in [0.05, 0.1) is 18.9 Å². The number of carbonyl (C=O) groups is 1. The Balaban J connectivity index is 1.86. The van der Waals surface area contributed by atoms with Crippen LogP contribution in [0.15, 0.2) is 36.5 Å². The van der Waals surface area contributed by atoms with E-state index in [0.717, 1.165) is 17.9 Å². The SMILES string of the molecule is COc1ccc(-n2ccc(C(=O)NCCCOC(C)C)n2)cc1. The monoisotopic (exact) mass is 317 g/mol. The maximum Gasteiger partial charge on any atom is 0.271 e. The average molecular weight is 317 g/mol. The third-order valence-electron chi connectivity index (χ3n) is 3.22. The fraction of sp³-hybridized carbons (Fsp3) is 0.412. The van der Waals surface area contributed by atoms with Crippen LogP contribution >= 0.6 is 0 Å². The lowest BCUT2D eigenvalue weighted by molar-refractivity contribution is 0.0756. The zero-order valence-corrected chi connectivity index (χ0v) is 13.8. The number of methoxy groups -OCH3 is 1. The van der Waals surface area contributed by atoms with Crippen LogP contribution < -0.4 is 10.1 Å². The summed E-state index contributed by atoms with van der Waals surface area (Å²) in [7, 11) is 1.62. The summed E-state index contributed by atoms with van der Waals surface area (Å²) >= 11 is 0. The number of carbonyl (C=O) groups excluding carboxylic acids is 1. The van der Waals surface area contributed by atoms with E-state index in [2.05, 4.69) is 10.4 Å². The van der Waals surface area contributed by atoms with Crippen LogP contribution in [-0.2, 0) is 4.74 Å². The Hall–Kier alpha value is -2.34. The Morgan fingerprint density at radius 1 is 1.26 bits per heavy atom. The molecule has 1 N–H and O–H groups in total. The molecule has 0 aliphatic carbocycles. The van der Waals surface area contributed by atoms with Gasteiger partial charge in [-0.2, -0.15) is 5.10 Å².